The van der Waals surface area contributed by atoms with Gasteiger partial charge in [-0.1, -0.05) is 0 Å². The van der Waals surface area contributed by atoms with Gasteiger partial charge in [-0.25, -0.2) is 22.0 Å². The first-order chi connectivity index (χ1) is 9.63. The summed E-state index contributed by atoms with van der Waals surface area (Å²) >= 11 is 0.353. The van der Waals surface area contributed by atoms with Crippen LogP contribution in [0.2, 0.25) is 0 Å². The van der Waals surface area contributed by atoms with E-state index in [1.807, 2.05) is 5.32 Å². The van der Waals surface area contributed by atoms with Crippen molar-refractivity contribution in [3.8, 4) is 0 Å². The van der Waals surface area contributed by atoms with Gasteiger partial charge >= 0.3 is 0 Å². The number of hydrogen-bond acceptors (Lipinski definition) is 10. The van der Waals surface area contributed by atoms with Crippen molar-refractivity contribution in [2.45, 2.75) is 33.1 Å². The van der Waals surface area contributed by atoms with Crippen molar-refractivity contribution in [2.75, 3.05) is 5.75 Å². The Kier molecular flexibility index (Phi) is 3.97. The average Bonchev–Trinajstić information content (AvgIpc) is 2.66. The summed E-state index contributed by atoms with van der Waals surface area (Å²) in [6.07, 6.45) is 0. The summed E-state index contributed by atoms with van der Waals surface area (Å²) in [6.45, 7) is 0.874. The van der Waals surface area contributed by atoms with Crippen molar-refractivity contribution < 1.29 is 37.3 Å². The second kappa shape index (κ2) is 4.93. The predicted molar refractivity (Wildman–Crippen MR) is 73.6 cm³/mol. The highest BCUT2D eigenvalue weighted by atomic mass is 32.3. The van der Waals surface area contributed by atoms with E-state index in [-0.39, 0.29) is 5.56 Å². The number of primary sulfonamides is 1. The summed E-state index contributed by atoms with van der Waals surface area (Å²) < 4.78 is 45.9. The van der Waals surface area contributed by atoms with E-state index in [9.17, 15) is 37.3 Å². The molecule has 1 aromatic heterocycles. The van der Waals surface area contributed by atoms with Gasteiger partial charge in [0.25, 0.3) is 0 Å². The lowest BCUT2D eigenvalue weighted by atomic mass is 10.0. The maximum absolute atomic E-state index is 12.0. The van der Waals surface area contributed by atoms with Crippen LogP contribution in [0.25, 0.3) is 0 Å². The highest BCUT2D eigenvalue weighted by Gasteiger charge is 2.50. The van der Waals surface area contributed by atoms with Crippen LogP contribution in [0.5, 0.6) is 0 Å². The second-order valence-corrected chi connectivity index (χ2v) is 10.1. The van der Waals surface area contributed by atoms with Crippen LogP contribution in [0.4, 0.5) is 0 Å². The zero-order valence-electron chi connectivity index (χ0n) is 11.1. The first-order valence-corrected chi connectivity index (χ1v) is 9.71. The lowest BCUT2D eigenvalue weighted by Gasteiger charge is -2.38. The van der Waals surface area contributed by atoms with Crippen molar-refractivity contribution in [1.29, 1.82) is 0 Å². The minimum atomic E-state index is -4.21. The molecular weight excluding hydrogens is 360 g/mol. The smallest absolute Gasteiger partial charge is 0.247 e. The molecule has 1 atom stereocenters. The number of rotatable bonds is 3. The van der Waals surface area contributed by atoms with Gasteiger partial charge in [-0.05, 0) is 6.07 Å². The van der Waals surface area contributed by atoms with Gasteiger partial charge in [0.1, 0.15) is 14.2 Å². The molecule has 10 nitrogen and oxygen atoms in total. The molecule has 1 aliphatic heterocycles. The maximum Gasteiger partial charge on any atom is 0.247 e. The minimum absolute atomic E-state index is 0.320. The molecule has 1 aliphatic rings. The molecule has 1 aromatic rings. The minimum Gasteiger partial charge on any atom is -0.363 e. The number of thiophene rings is 1. The summed E-state index contributed by atoms with van der Waals surface area (Å²) in [6, 6.07) is -0.797. The fraction of sp³-hybridized carbons (Fsp3) is 0.556. The van der Waals surface area contributed by atoms with Gasteiger partial charge < -0.3 is 20.4 Å². The number of hydrogen-bond donors (Lipinski definition) is 6. The van der Waals surface area contributed by atoms with Gasteiger partial charge in [-0.2, -0.15) is 0 Å². The van der Waals surface area contributed by atoms with E-state index in [1.165, 1.54) is 0 Å². The van der Waals surface area contributed by atoms with Crippen molar-refractivity contribution in [3.63, 3.8) is 0 Å². The monoisotopic (exact) mass is 374 g/mol. The third kappa shape index (κ3) is 3.32. The van der Waals surface area contributed by atoms with Gasteiger partial charge in [-0.15, -0.1) is 11.3 Å². The Morgan fingerprint density at radius 3 is 2.45 bits per heavy atom. The molecule has 0 aliphatic carbocycles. The molecule has 7 N–H and O–H groups in total. The van der Waals surface area contributed by atoms with Crippen LogP contribution in [0.15, 0.2) is 14.5 Å². The third-order valence-corrected chi connectivity index (χ3v) is 7.84. The molecule has 0 bridgehead atoms. The molecule has 0 fully saturated rings. The van der Waals surface area contributed by atoms with Crippen molar-refractivity contribution in [2.24, 2.45) is 5.14 Å². The van der Waals surface area contributed by atoms with Crippen LogP contribution < -0.4 is 10.5 Å². The van der Waals surface area contributed by atoms with E-state index in [0.29, 0.717) is 11.3 Å². The van der Waals surface area contributed by atoms with Crippen LogP contribution in [0.1, 0.15) is 18.5 Å². The molecule has 126 valence electrons. The number of sulfone groups is 1. The Labute approximate surface area is 129 Å². The van der Waals surface area contributed by atoms with Crippen molar-refractivity contribution in [1.82, 2.24) is 5.32 Å². The number of nitrogens with two attached hydrogens (primary N) is 1. The highest BCUT2D eigenvalue weighted by molar-refractivity contribution is 7.95. The van der Waals surface area contributed by atoms with E-state index in [4.69, 9.17) is 5.14 Å². The largest absolute Gasteiger partial charge is 0.363 e. The zero-order valence-corrected chi connectivity index (χ0v) is 13.5. The summed E-state index contributed by atoms with van der Waals surface area (Å²) in [7, 11) is -8.40. The predicted octanol–water partition coefficient (Wildman–Crippen LogP) is -2.85. The number of nitrogens with one attached hydrogen (secondary N) is 1. The Bertz CT molecular complexity index is 802. The lowest BCUT2D eigenvalue weighted by Crippen LogP contribution is -2.57. The van der Waals surface area contributed by atoms with Gasteiger partial charge in [0.2, 0.25) is 15.9 Å². The van der Waals surface area contributed by atoms with Crippen LogP contribution in [-0.2, 0) is 19.9 Å². The maximum atomic E-state index is 12.0. The molecule has 0 saturated carbocycles. The van der Waals surface area contributed by atoms with Gasteiger partial charge in [-0.3, -0.25) is 5.32 Å². The van der Waals surface area contributed by atoms with Crippen LogP contribution in [0.3, 0.4) is 0 Å². The summed E-state index contributed by atoms with van der Waals surface area (Å²) in [4.78, 5) is 0. The van der Waals surface area contributed by atoms with E-state index >= 15 is 0 Å². The molecule has 0 saturated heterocycles. The Morgan fingerprint density at radius 2 is 2.00 bits per heavy atom. The summed E-state index contributed by atoms with van der Waals surface area (Å²) in [5, 5.41) is 45.5. The first-order valence-electron chi connectivity index (χ1n) is 5.70. The zero-order chi connectivity index (χ0) is 17.1. The quantitative estimate of drug-likeness (QED) is 0.303. The fourth-order valence-electron chi connectivity index (χ4n) is 2.09. The van der Waals surface area contributed by atoms with Crippen molar-refractivity contribution >= 4 is 31.2 Å². The lowest BCUT2D eigenvalue weighted by molar-refractivity contribution is -0.226. The molecule has 0 spiro atoms. The van der Waals surface area contributed by atoms with Gasteiger partial charge in [0.15, 0.2) is 15.6 Å². The van der Waals surface area contributed by atoms with Crippen LogP contribution in [-0.4, -0.2) is 54.7 Å². The number of aliphatic hydroxyl groups is 4. The molecule has 0 radical (unpaired) electrons. The molecular formula is C9H14N2O8S3. The summed E-state index contributed by atoms with van der Waals surface area (Å²) in [5.74, 6) is -6.59. The van der Waals surface area contributed by atoms with Crippen LogP contribution >= 0.6 is 11.3 Å². The SMILES string of the molecule is CC(O)(O)NC1c2cc(S(N)(=O)=O)sc2S(=O)(=O)CC1(O)O. The second-order valence-electron chi connectivity index (χ2n) is 5.09. The molecule has 2 heterocycles. The number of fused-ring (bicyclic) bond motifs is 1. The van der Waals surface area contributed by atoms with E-state index in [0.717, 1.165) is 13.0 Å². The first kappa shape index (κ1) is 17.7. The average molecular weight is 374 g/mol. The van der Waals surface area contributed by atoms with Crippen LogP contribution in [0, 0.1) is 0 Å². The highest BCUT2D eigenvalue weighted by Crippen LogP contribution is 2.43. The third-order valence-electron chi connectivity index (χ3n) is 2.86. The normalized spacial score (nSPS) is 24.0. The fourth-order valence-corrected chi connectivity index (χ4v) is 6.27. The van der Waals surface area contributed by atoms with Gasteiger partial charge in [0.05, 0.1) is 6.04 Å². The Hall–Kier alpha value is -0.640. The standard InChI is InChI=1S/C9H14N2O8S3/c1-8(12,13)11-6-4-2-5(22(10,18)19)20-7(4)21(16,17)3-9(6,14)15/h2,6,11-15H,3H2,1H3,(H2,10,18,19). The summed E-state index contributed by atoms with van der Waals surface area (Å²) in [5.41, 5.74) is -0.320. The molecule has 22 heavy (non-hydrogen) atoms. The molecule has 2 rings (SSSR count). The topological polar surface area (TPSA) is 187 Å². The molecule has 0 amide bonds. The van der Waals surface area contributed by atoms with Gasteiger partial charge in [0, 0.05) is 12.5 Å². The van der Waals surface area contributed by atoms with E-state index in [2.05, 4.69) is 0 Å². The molecule has 1 unspecified atom stereocenters. The Morgan fingerprint density at radius 1 is 1.45 bits per heavy atom. The van der Waals surface area contributed by atoms with Crippen molar-refractivity contribution in [3.05, 3.63) is 11.6 Å². The van der Waals surface area contributed by atoms with E-state index < -0.39 is 51.8 Å². The molecule has 0 aromatic carbocycles. The molecule has 13 heteroatoms. The number of sulfonamides is 1. The Balaban J connectivity index is 2.70. The van der Waals surface area contributed by atoms with E-state index in [1.54, 1.807) is 0 Å².